The van der Waals surface area contributed by atoms with Gasteiger partial charge in [0, 0.05) is 25.2 Å². The van der Waals surface area contributed by atoms with Crippen LogP contribution in [-0.4, -0.2) is 41.8 Å². The molecule has 0 bridgehead atoms. The maximum absolute atomic E-state index is 11.7. The molecule has 3 saturated carbocycles. The van der Waals surface area contributed by atoms with Crippen molar-refractivity contribution in [3.63, 3.8) is 0 Å². The van der Waals surface area contributed by atoms with Crippen LogP contribution in [0.1, 0.15) is 59.3 Å². The summed E-state index contributed by atoms with van der Waals surface area (Å²) in [6.45, 7) is 8.15. The average molecular weight is 309 g/mol. The van der Waals surface area contributed by atoms with E-state index >= 15 is 0 Å². The van der Waals surface area contributed by atoms with Crippen molar-refractivity contribution in [1.29, 1.82) is 0 Å². The van der Waals surface area contributed by atoms with Gasteiger partial charge in [-0.3, -0.25) is 10.3 Å². The number of rotatable bonds is 7. The molecule has 0 aromatic carbocycles. The standard InChI is InChI=1S/C17H31N3O2/c1-17(2,3)22-16(21)19-18-14-8-9-15(14)20(10-12-4-5-12)11-13-6-7-13/h12-15,18H,4-11H2,1-3H3,(H,19,21)/t14-,15+/m1/s1. The van der Waals surface area contributed by atoms with Crippen LogP contribution in [0.2, 0.25) is 0 Å². The molecule has 3 aliphatic rings. The van der Waals surface area contributed by atoms with Gasteiger partial charge in [-0.15, -0.1) is 0 Å². The second-order valence-electron chi connectivity index (χ2n) is 8.36. The first-order valence-electron chi connectivity index (χ1n) is 8.89. The largest absolute Gasteiger partial charge is 0.443 e. The molecule has 0 saturated heterocycles. The third-order valence-corrected chi connectivity index (χ3v) is 4.84. The van der Waals surface area contributed by atoms with Gasteiger partial charge in [-0.05, 0) is 71.1 Å². The van der Waals surface area contributed by atoms with E-state index in [2.05, 4.69) is 15.8 Å². The van der Waals surface area contributed by atoms with Gasteiger partial charge in [-0.1, -0.05) is 0 Å². The van der Waals surface area contributed by atoms with Crippen molar-refractivity contribution in [2.75, 3.05) is 13.1 Å². The Morgan fingerprint density at radius 2 is 1.64 bits per heavy atom. The van der Waals surface area contributed by atoms with Crippen LogP contribution in [0.4, 0.5) is 4.79 Å². The first-order valence-corrected chi connectivity index (χ1v) is 8.89. The number of hydrogen-bond acceptors (Lipinski definition) is 4. The quantitative estimate of drug-likeness (QED) is 0.710. The lowest BCUT2D eigenvalue weighted by atomic mass is 9.85. The van der Waals surface area contributed by atoms with Gasteiger partial charge in [0.05, 0.1) is 0 Å². The Morgan fingerprint density at radius 3 is 2.05 bits per heavy atom. The predicted octanol–water partition coefficient (Wildman–Crippen LogP) is 2.67. The van der Waals surface area contributed by atoms with Crippen LogP contribution in [0.15, 0.2) is 0 Å². The van der Waals surface area contributed by atoms with Gasteiger partial charge >= 0.3 is 6.09 Å². The van der Waals surface area contributed by atoms with Gasteiger partial charge in [-0.25, -0.2) is 10.2 Å². The highest BCUT2D eigenvalue weighted by atomic mass is 16.6. The summed E-state index contributed by atoms with van der Waals surface area (Å²) in [6.07, 6.45) is 7.61. The topological polar surface area (TPSA) is 53.6 Å². The molecule has 3 aliphatic carbocycles. The maximum Gasteiger partial charge on any atom is 0.422 e. The number of carbonyl (C=O) groups excluding carboxylic acids is 1. The molecule has 2 N–H and O–H groups in total. The summed E-state index contributed by atoms with van der Waals surface area (Å²) in [7, 11) is 0. The number of hydrogen-bond donors (Lipinski definition) is 2. The predicted molar refractivity (Wildman–Crippen MR) is 86.3 cm³/mol. The molecule has 126 valence electrons. The first-order chi connectivity index (χ1) is 10.4. The maximum atomic E-state index is 11.7. The minimum absolute atomic E-state index is 0.366. The second kappa shape index (κ2) is 6.36. The third-order valence-electron chi connectivity index (χ3n) is 4.84. The fraction of sp³-hybridized carbons (Fsp3) is 0.941. The van der Waals surface area contributed by atoms with Crippen molar-refractivity contribution in [3.05, 3.63) is 0 Å². The molecular formula is C17H31N3O2. The average Bonchev–Trinajstić information content (AvgIpc) is 3.21. The van der Waals surface area contributed by atoms with Gasteiger partial charge < -0.3 is 4.74 Å². The summed E-state index contributed by atoms with van der Waals surface area (Å²) in [5.74, 6) is 1.86. The minimum Gasteiger partial charge on any atom is -0.443 e. The molecule has 0 unspecified atom stereocenters. The summed E-state index contributed by atoms with van der Waals surface area (Å²) in [5, 5.41) is 0. The van der Waals surface area contributed by atoms with E-state index in [0.717, 1.165) is 18.3 Å². The van der Waals surface area contributed by atoms with Gasteiger partial charge in [0.2, 0.25) is 0 Å². The fourth-order valence-corrected chi connectivity index (χ4v) is 3.15. The van der Waals surface area contributed by atoms with Gasteiger partial charge in [-0.2, -0.15) is 0 Å². The van der Waals surface area contributed by atoms with Crippen LogP contribution >= 0.6 is 0 Å². The van der Waals surface area contributed by atoms with Crippen molar-refractivity contribution in [2.24, 2.45) is 11.8 Å². The summed E-state index contributed by atoms with van der Waals surface area (Å²) in [4.78, 5) is 14.4. The molecule has 2 atom stereocenters. The smallest absolute Gasteiger partial charge is 0.422 e. The van der Waals surface area contributed by atoms with E-state index in [1.54, 1.807) is 0 Å². The monoisotopic (exact) mass is 309 g/mol. The number of amides is 1. The molecule has 0 aromatic heterocycles. The molecule has 3 rings (SSSR count). The Kier molecular flexibility index (Phi) is 4.64. The lowest BCUT2D eigenvalue weighted by Crippen LogP contribution is -2.61. The van der Waals surface area contributed by atoms with Gasteiger partial charge in [0.1, 0.15) is 5.60 Å². The first kappa shape index (κ1) is 16.1. The van der Waals surface area contributed by atoms with Crippen LogP contribution < -0.4 is 10.9 Å². The molecule has 0 aromatic rings. The highest BCUT2D eigenvalue weighted by Crippen LogP contribution is 2.37. The van der Waals surface area contributed by atoms with Crippen LogP contribution in [0, 0.1) is 11.8 Å². The summed E-state index contributed by atoms with van der Waals surface area (Å²) in [6, 6.07) is 0.946. The summed E-state index contributed by atoms with van der Waals surface area (Å²) >= 11 is 0. The van der Waals surface area contributed by atoms with Gasteiger partial charge in [0.25, 0.3) is 0 Å². The zero-order valence-corrected chi connectivity index (χ0v) is 14.2. The molecule has 0 radical (unpaired) electrons. The lowest BCUT2D eigenvalue weighted by Gasteiger charge is -2.45. The van der Waals surface area contributed by atoms with Crippen molar-refractivity contribution in [3.8, 4) is 0 Å². The van der Waals surface area contributed by atoms with E-state index in [4.69, 9.17) is 4.74 Å². The lowest BCUT2D eigenvalue weighted by molar-refractivity contribution is 0.0372. The Bertz CT molecular complexity index is 385. The fourth-order valence-electron chi connectivity index (χ4n) is 3.15. The van der Waals surface area contributed by atoms with E-state index in [1.165, 1.54) is 45.2 Å². The molecule has 1 amide bonds. The van der Waals surface area contributed by atoms with Crippen LogP contribution in [-0.2, 0) is 4.74 Å². The SMILES string of the molecule is CC(C)(C)OC(=O)NN[C@@H]1CC[C@@H]1N(CC1CC1)CC1CC1. The Hall–Kier alpha value is -0.810. The molecule has 22 heavy (non-hydrogen) atoms. The van der Waals surface area contributed by atoms with Crippen molar-refractivity contribution >= 4 is 6.09 Å². The minimum atomic E-state index is -0.450. The number of hydrazine groups is 1. The highest BCUT2D eigenvalue weighted by Gasteiger charge is 2.40. The normalized spacial score (nSPS) is 28.4. The van der Waals surface area contributed by atoms with Crippen molar-refractivity contribution in [2.45, 2.75) is 77.0 Å². The van der Waals surface area contributed by atoms with Crippen molar-refractivity contribution < 1.29 is 9.53 Å². The molecule has 0 heterocycles. The molecular weight excluding hydrogens is 278 g/mol. The molecule has 0 spiro atoms. The Balaban J connectivity index is 1.43. The summed E-state index contributed by atoms with van der Waals surface area (Å²) < 4.78 is 5.28. The number of carbonyl (C=O) groups is 1. The van der Waals surface area contributed by atoms with Crippen LogP contribution in [0.3, 0.4) is 0 Å². The van der Waals surface area contributed by atoms with E-state index in [9.17, 15) is 4.79 Å². The zero-order chi connectivity index (χ0) is 15.7. The van der Waals surface area contributed by atoms with Gasteiger partial charge in [0.15, 0.2) is 0 Å². The number of nitrogens with zero attached hydrogens (tertiary/aromatic N) is 1. The molecule has 0 aliphatic heterocycles. The number of nitrogens with one attached hydrogen (secondary N) is 2. The Morgan fingerprint density at radius 1 is 1.05 bits per heavy atom. The molecule has 5 heteroatoms. The van der Waals surface area contributed by atoms with E-state index in [0.29, 0.717) is 12.1 Å². The zero-order valence-electron chi connectivity index (χ0n) is 14.2. The summed E-state index contributed by atoms with van der Waals surface area (Å²) in [5.41, 5.74) is 5.47. The van der Waals surface area contributed by atoms with Crippen LogP contribution in [0.5, 0.6) is 0 Å². The highest BCUT2D eigenvalue weighted by molar-refractivity contribution is 5.67. The number of ether oxygens (including phenoxy) is 1. The van der Waals surface area contributed by atoms with Crippen LogP contribution in [0.25, 0.3) is 0 Å². The molecule has 5 nitrogen and oxygen atoms in total. The second-order valence-corrected chi connectivity index (χ2v) is 8.36. The van der Waals surface area contributed by atoms with Crippen molar-refractivity contribution in [1.82, 2.24) is 15.8 Å². The van der Waals surface area contributed by atoms with E-state index < -0.39 is 5.60 Å². The third kappa shape index (κ3) is 4.85. The van der Waals surface area contributed by atoms with E-state index in [-0.39, 0.29) is 6.09 Å². The Labute approximate surface area is 134 Å². The molecule has 3 fully saturated rings. The van der Waals surface area contributed by atoms with E-state index in [1.807, 2.05) is 20.8 Å².